The zero-order chi connectivity index (χ0) is 22.6. The Kier molecular flexibility index (Phi) is 6.29. The van der Waals surface area contributed by atoms with E-state index < -0.39 is 5.60 Å². The quantitative estimate of drug-likeness (QED) is 0.571. The van der Waals surface area contributed by atoms with Gasteiger partial charge in [-0.1, -0.05) is 6.92 Å². The molecule has 32 heavy (non-hydrogen) atoms. The van der Waals surface area contributed by atoms with Crippen molar-refractivity contribution >= 4 is 5.78 Å². The lowest BCUT2D eigenvalue weighted by molar-refractivity contribution is -0.190. The summed E-state index contributed by atoms with van der Waals surface area (Å²) in [6, 6.07) is 0. The molecule has 0 aromatic rings. The molecule has 1 N–H and O–H groups in total. The zero-order valence-corrected chi connectivity index (χ0v) is 20.7. The van der Waals surface area contributed by atoms with Crippen molar-refractivity contribution in [3.63, 3.8) is 0 Å². The molecule has 5 rings (SSSR count). The average molecular weight is 447 g/mol. The van der Waals surface area contributed by atoms with Gasteiger partial charge in [0.2, 0.25) is 0 Å². The summed E-state index contributed by atoms with van der Waals surface area (Å²) >= 11 is 0. The Morgan fingerprint density at radius 2 is 1.84 bits per heavy atom. The van der Waals surface area contributed by atoms with E-state index in [0.717, 1.165) is 70.0 Å². The molecule has 0 bridgehead atoms. The van der Waals surface area contributed by atoms with E-state index >= 15 is 0 Å². The Bertz CT molecular complexity index is 698. The van der Waals surface area contributed by atoms with E-state index in [2.05, 4.69) is 13.8 Å². The van der Waals surface area contributed by atoms with Crippen molar-refractivity contribution in [3.8, 4) is 0 Å². The minimum absolute atomic E-state index is 0.00881. The Balaban J connectivity index is 1.36. The normalized spacial score (nSPS) is 50.9. The molecule has 4 aliphatic carbocycles. The molecule has 5 aliphatic rings. The van der Waals surface area contributed by atoms with Crippen LogP contribution in [0, 0.1) is 40.4 Å². The Labute approximate surface area is 195 Å². The molecule has 0 amide bonds. The predicted molar refractivity (Wildman–Crippen MR) is 125 cm³/mol. The largest absolute Gasteiger partial charge is 0.390 e. The maximum absolute atomic E-state index is 12.5. The SMILES string of the molecule is CC(=O)[C@H]1CC[C@H]2[C@@H]3CC[C@H]4C[C@](C)(O)CC[C@]4(CCOC4CCCCO4)[C@H]3CC[C@]12C. The number of ether oxygens (including phenoxy) is 2. The molecule has 5 fully saturated rings. The topological polar surface area (TPSA) is 55.8 Å². The fourth-order valence-electron chi connectivity index (χ4n) is 9.62. The number of ketones is 1. The van der Waals surface area contributed by atoms with Gasteiger partial charge < -0.3 is 14.6 Å². The molecular weight excluding hydrogens is 400 g/mol. The average Bonchev–Trinajstić information content (AvgIpc) is 3.12. The fraction of sp³-hybridized carbons (Fsp3) is 0.964. The van der Waals surface area contributed by atoms with Crippen LogP contribution in [-0.2, 0) is 14.3 Å². The molecule has 4 heteroatoms. The molecule has 1 aliphatic heterocycles. The summed E-state index contributed by atoms with van der Waals surface area (Å²) in [7, 11) is 0. The first kappa shape index (κ1) is 23.3. The zero-order valence-electron chi connectivity index (χ0n) is 20.7. The third-order valence-electron chi connectivity index (χ3n) is 11.2. The van der Waals surface area contributed by atoms with Gasteiger partial charge in [0.1, 0.15) is 5.78 Å². The highest BCUT2D eigenvalue weighted by atomic mass is 16.7. The van der Waals surface area contributed by atoms with Crippen molar-refractivity contribution in [2.24, 2.45) is 40.4 Å². The van der Waals surface area contributed by atoms with E-state index in [1.54, 1.807) is 0 Å². The van der Waals surface area contributed by atoms with Crippen LogP contribution in [0.4, 0.5) is 0 Å². The fourth-order valence-corrected chi connectivity index (χ4v) is 9.62. The molecule has 9 atom stereocenters. The van der Waals surface area contributed by atoms with Crippen LogP contribution in [0.5, 0.6) is 0 Å². The van der Waals surface area contributed by atoms with Gasteiger partial charge in [-0.25, -0.2) is 0 Å². The maximum atomic E-state index is 12.5. The molecule has 0 spiro atoms. The summed E-state index contributed by atoms with van der Waals surface area (Å²) in [5, 5.41) is 11.0. The van der Waals surface area contributed by atoms with Gasteiger partial charge in [0.05, 0.1) is 12.2 Å². The van der Waals surface area contributed by atoms with E-state index in [0.29, 0.717) is 23.0 Å². The molecule has 0 aromatic heterocycles. The maximum Gasteiger partial charge on any atom is 0.157 e. The Morgan fingerprint density at radius 1 is 1.00 bits per heavy atom. The molecule has 0 aromatic carbocycles. The van der Waals surface area contributed by atoms with E-state index in [9.17, 15) is 9.90 Å². The van der Waals surface area contributed by atoms with Crippen LogP contribution < -0.4 is 0 Å². The van der Waals surface area contributed by atoms with Gasteiger partial charge in [-0.2, -0.15) is 0 Å². The van der Waals surface area contributed by atoms with Crippen molar-refractivity contribution in [2.45, 2.75) is 116 Å². The molecule has 182 valence electrons. The smallest absolute Gasteiger partial charge is 0.157 e. The highest BCUT2D eigenvalue weighted by molar-refractivity contribution is 5.79. The lowest BCUT2D eigenvalue weighted by atomic mass is 9.42. The number of carbonyl (C=O) groups excluding carboxylic acids is 1. The van der Waals surface area contributed by atoms with Crippen molar-refractivity contribution < 1.29 is 19.4 Å². The van der Waals surface area contributed by atoms with Crippen LogP contribution in [-0.4, -0.2) is 36.0 Å². The number of hydrogen-bond donors (Lipinski definition) is 1. The van der Waals surface area contributed by atoms with Gasteiger partial charge in [0, 0.05) is 12.5 Å². The first-order valence-electron chi connectivity index (χ1n) is 13.7. The third kappa shape index (κ3) is 3.90. The summed E-state index contributed by atoms with van der Waals surface area (Å²) in [6.45, 7) is 7.97. The Morgan fingerprint density at radius 3 is 2.59 bits per heavy atom. The lowest BCUT2D eigenvalue weighted by Crippen LogP contribution is -2.57. The molecule has 1 heterocycles. The van der Waals surface area contributed by atoms with Crippen LogP contribution in [0.1, 0.15) is 104 Å². The first-order chi connectivity index (χ1) is 15.3. The summed E-state index contributed by atoms with van der Waals surface area (Å²) < 4.78 is 12.1. The third-order valence-corrected chi connectivity index (χ3v) is 11.2. The van der Waals surface area contributed by atoms with Crippen LogP contribution in [0.25, 0.3) is 0 Å². The van der Waals surface area contributed by atoms with Gasteiger partial charge in [-0.05, 0) is 132 Å². The predicted octanol–water partition coefficient (Wildman–Crippen LogP) is 5.90. The van der Waals surface area contributed by atoms with Crippen molar-refractivity contribution in [1.29, 1.82) is 0 Å². The van der Waals surface area contributed by atoms with Crippen LogP contribution in [0.2, 0.25) is 0 Å². The highest BCUT2D eigenvalue weighted by Crippen LogP contribution is 2.69. The lowest BCUT2D eigenvalue weighted by Gasteiger charge is -2.63. The second-order valence-corrected chi connectivity index (χ2v) is 12.8. The van der Waals surface area contributed by atoms with Gasteiger partial charge in [-0.15, -0.1) is 0 Å². The van der Waals surface area contributed by atoms with E-state index in [1.165, 1.54) is 38.5 Å². The molecule has 1 unspecified atom stereocenters. The van der Waals surface area contributed by atoms with Crippen LogP contribution in [0.3, 0.4) is 0 Å². The number of carbonyl (C=O) groups is 1. The first-order valence-corrected chi connectivity index (χ1v) is 13.7. The molecule has 4 saturated carbocycles. The summed E-state index contributed by atoms with van der Waals surface area (Å²) in [6.07, 6.45) is 14.9. The summed E-state index contributed by atoms with van der Waals surface area (Å²) in [4.78, 5) is 12.5. The van der Waals surface area contributed by atoms with Crippen LogP contribution in [0.15, 0.2) is 0 Å². The van der Waals surface area contributed by atoms with Crippen LogP contribution >= 0.6 is 0 Å². The number of hydrogen-bond acceptors (Lipinski definition) is 4. The summed E-state index contributed by atoms with van der Waals surface area (Å²) in [5.41, 5.74) is 0.00763. The number of aliphatic hydroxyl groups is 1. The Hall–Kier alpha value is -0.450. The minimum Gasteiger partial charge on any atom is -0.390 e. The second kappa shape index (κ2) is 8.64. The monoisotopic (exact) mass is 446 g/mol. The van der Waals surface area contributed by atoms with Crippen molar-refractivity contribution in [1.82, 2.24) is 0 Å². The van der Waals surface area contributed by atoms with E-state index in [4.69, 9.17) is 9.47 Å². The minimum atomic E-state index is -0.509. The number of fused-ring (bicyclic) bond motifs is 5. The molecular formula is C28H46O4. The standard InChI is InChI=1S/C28H46O4/c1-19(29)22-9-10-23-21-8-7-20-18-26(2,30)13-14-28(20,24(21)11-12-27(22,23)3)15-17-32-25-6-4-5-16-31-25/h20-25,30H,4-18H2,1-3H3/t20-,21-,22+,23-,24-,25?,26+,27+,28+/m0/s1. The van der Waals surface area contributed by atoms with Crippen molar-refractivity contribution in [2.75, 3.05) is 13.2 Å². The van der Waals surface area contributed by atoms with Gasteiger partial charge in [0.15, 0.2) is 6.29 Å². The van der Waals surface area contributed by atoms with Gasteiger partial charge in [0.25, 0.3) is 0 Å². The van der Waals surface area contributed by atoms with Gasteiger partial charge >= 0.3 is 0 Å². The number of Topliss-reactive ketones (excluding diaryl/α,β-unsaturated/α-hetero) is 1. The highest BCUT2D eigenvalue weighted by Gasteiger charge is 2.62. The summed E-state index contributed by atoms with van der Waals surface area (Å²) in [5.74, 6) is 3.50. The number of rotatable bonds is 5. The van der Waals surface area contributed by atoms with Gasteiger partial charge in [-0.3, -0.25) is 4.79 Å². The molecule has 0 radical (unpaired) electrons. The van der Waals surface area contributed by atoms with Crippen molar-refractivity contribution in [3.05, 3.63) is 0 Å². The van der Waals surface area contributed by atoms with E-state index in [-0.39, 0.29) is 17.6 Å². The molecule has 4 nitrogen and oxygen atoms in total. The van der Waals surface area contributed by atoms with E-state index in [1.807, 2.05) is 6.92 Å². The second-order valence-electron chi connectivity index (χ2n) is 12.8. The molecule has 1 saturated heterocycles.